The van der Waals surface area contributed by atoms with Crippen molar-refractivity contribution in [1.29, 1.82) is 0 Å². The SMILES string of the molecule is C#C[C@@]1(O)[C@H](O)[C@@H](COP(=O)(N[C@@H](C)C(=O)OC(CC)CC)Oc2ccccc2)O[C@H]1n1ccc2c(N)ncnc21. The summed E-state index contributed by atoms with van der Waals surface area (Å²) in [6.45, 7) is 4.71. The van der Waals surface area contributed by atoms with E-state index in [4.69, 9.17) is 30.7 Å². The molecule has 1 fully saturated rings. The third kappa shape index (κ3) is 6.38. The van der Waals surface area contributed by atoms with Crippen molar-refractivity contribution in [3.8, 4) is 18.1 Å². The van der Waals surface area contributed by atoms with Crippen molar-refractivity contribution in [3.63, 3.8) is 0 Å². The summed E-state index contributed by atoms with van der Waals surface area (Å²) in [7, 11) is -4.29. The Balaban J connectivity index is 1.55. The number of hydrogen-bond donors (Lipinski definition) is 4. The number of terminal acetylenes is 1. The van der Waals surface area contributed by atoms with Gasteiger partial charge in [-0.1, -0.05) is 38.0 Å². The summed E-state index contributed by atoms with van der Waals surface area (Å²) >= 11 is 0. The lowest BCUT2D eigenvalue weighted by atomic mass is 9.95. The third-order valence-electron chi connectivity index (χ3n) is 6.78. The van der Waals surface area contributed by atoms with E-state index in [-0.39, 0.29) is 17.7 Å². The second-order valence-electron chi connectivity index (χ2n) is 9.58. The maximum absolute atomic E-state index is 13.9. The molecule has 1 saturated heterocycles. The van der Waals surface area contributed by atoms with Crippen molar-refractivity contribution < 1.29 is 38.1 Å². The van der Waals surface area contributed by atoms with E-state index in [1.165, 1.54) is 24.0 Å². The van der Waals surface area contributed by atoms with E-state index >= 15 is 0 Å². The van der Waals surface area contributed by atoms with Gasteiger partial charge in [-0.05, 0) is 38.0 Å². The zero-order chi connectivity index (χ0) is 29.8. The second-order valence-corrected chi connectivity index (χ2v) is 11.3. The molecule has 1 aliphatic heterocycles. The molecule has 4 rings (SSSR count). The number of fused-ring (bicyclic) bond motifs is 1. The largest absolute Gasteiger partial charge is 0.461 e. The number of nitrogens with zero attached hydrogens (tertiary/aromatic N) is 3. The molecule has 0 saturated carbocycles. The summed E-state index contributed by atoms with van der Waals surface area (Å²) in [5.74, 6) is 1.97. The number of nitrogens with one attached hydrogen (secondary N) is 1. The number of anilines is 1. The first-order chi connectivity index (χ1) is 19.5. The maximum atomic E-state index is 13.9. The van der Waals surface area contributed by atoms with Gasteiger partial charge >= 0.3 is 13.7 Å². The summed E-state index contributed by atoms with van der Waals surface area (Å²) in [5.41, 5.74) is 4.02. The van der Waals surface area contributed by atoms with Crippen molar-refractivity contribution >= 4 is 30.6 Å². The van der Waals surface area contributed by atoms with Crippen molar-refractivity contribution in [2.75, 3.05) is 12.3 Å². The van der Waals surface area contributed by atoms with Crippen molar-refractivity contribution in [2.24, 2.45) is 0 Å². The average molecular weight is 588 g/mol. The lowest BCUT2D eigenvalue weighted by molar-refractivity contribution is -0.151. The summed E-state index contributed by atoms with van der Waals surface area (Å²) in [6.07, 6.45) is 5.13. The Morgan fingerprint density at radius 1 is 1.29 bits per heavy atom. The van der Waals surface area contributed by atoms with Crippen LogP contribution in [0.4, 0.5) is 5.82 Å². The number of nitrogen functional groups attached to an aromatic ring is 1. The molecule has 2 aromatic heterocycles. The van der Waals surface area contributed by atoms with Gasteiger partial charge in [0.15, 0.2) is 11.8 Å². The molecular formula is C27H34N5O8P. The fourth-order valence-electron chi connectivity index (χ4n) is 4.41. The van der Waals surface area contributed by atoms with E-state index in [1.54, 1.807) is 36.4 Å². The number of aromatic nitrogens is 3. The molecule has 1 aromatic carbocycles. The van der Waals surface area contributed by atoms with Crippen molar-refractivity contribution in [1.82, 2.24) is 19.6 Å². The standard InChI is InChI=1S/C27H34N5O8P/c1-5-18(6-2)38-25(34)17(4)31-41(36,40-19-11-9-8-10-12-19)37-15-21-22(33)27(35,7-3)26(39-21)32-14-13-20-23(28)29-16-30-24(20)32/h3,8-14,16-18,21-22,26,33,35H,5-6,15H2,1-2,4H3,(H,31,36)(H2,28,29,30)/t17-,21+,22+,26+,27+,41?/m0/s1. The molecule has 0 bridgehead atoms. The minimum absolute atomic E-state index is 0.200. The van der Waals surface area contributed by atoms with Crippen LogP contribution in [0.1, 0.15) is 39.8 Å². The summed E-state index contributed by atoms with van der Waals surface area (Å²) in [4.78, 5) is 20.8. The number of ether oxygens (including phenoxy) is 2. The molecule has 6 atom stereocenters. The highest BCUT2D eigenvalue weighted by molar-refractivity contribution is 7.52. The molecular weight excluding hydrogens is 553 g/mol. The van der Waals surface area contributed by atoms with E-state index in [0.717, 1.165) is 0 Å². The number of carbonyl (C=O) groups excluding carboxylic acids is 1. The molecule has 1 aliphatic rings. The van der Waals surface area contributed by atoms with E-state index < -0.39 is 50.4 Å². The number of para-hydroxylation sites is 1. The van der Waals surface area contributed by atoms with Gasteiger partial charge in [-0.15, -0.1) is 6.42 Å². The molecule has 5 N–H and O–H groups in total. The molecule has 0 radical (unpaired) electrons. The first-order valence-electron chi connectivity index (χ1n) is 13.1. The molecule has 0 aliphatic carbocycles. The molecule has 3 aromatic rings. The number of aliphatic hydroxyl groups is 2. The quantitative estimate of drug-likeness (QED) is 0.138. The Morgan fingerprint density at radius 3 is 2.66 bits per heavy atom. The van der Waals surface area contributed by atoms with Gasteiger partial charge in [-0.25, -0.2) is 14.5 Å². The Morgan fingerprint density at radius 2 is 2.00 bits per heavy atom. The fraction of sp³-hybridized carbons (Fsp3) is 0.444. The Bertz CT molecular complexity index is 1440. The van der Waals surface area contributed by atoms with Crippen LogP contribution in [0.15, 0.2) is 48.9 Å². The van der Waals surface area contributed by atoms with E-state index in [0.29, 0.717) is 23.9 Å². The fourth-order valence-corrected chi connectivity index (χ4v) is 5.91. The summed E-state index contributed by atoms with van der Waals surface area (Å²) in [5, 5.41) is 25.4. The van der Waals surface area contributed by atoms with Gasteiger partial charge in [-0.3, -0.25) is 9.32 Å². The van der Waals surface area contributed by atoms with Crippen molar-refractivity contribution in [2.45, 2.75) is 69.8 Å². The van der Waals surface area contributed by atoms with Crippen LogP contribution < -0.4 is 15.3 Å². The van der Waals surface area contributed by atoms with Crippen LogP contribution >= 0.6 is 7.75 Å². The topological polar surface area (TPSA) is 180 Å². The monoisotopic (exact) mass is 587 g/mol. The predicted octanol–water partition coefficient (Wildman–Crippen LogP) is 2.55. The molecule has 41 heavy (non-hydrogen) atoms. The highest BCUT2D eigenvalue weighted by atomic mass is 31.2. The average Bonchev–Trinajstić information content (AvgIpc) is 3.50. The number of carbonyl (C=O) groups is 1. The van der Waals surface area contributed by atoms with Crippen LogP contribution in [0.2, 0.25) is 0 Å². The maximum Gasteiger partial charge on any atom is 0.459 e. The van der Waals surface area contributed by atoms with E-state index in [1.807, 2.05) is 13.8 Å². The first kappa shape index (κ1) is 30.5. The molecule has 3 heterocycles. The minimum atomic E-state index is -4.29. The Hall–Kier alpha value is -3.50. The van der Waals surface area contributed by atoms with E-state index in [2.05, 4.69) is 21.0 Å². The zero-order valence-corrected chi connectivity index (χ0v) is 23.8. The Labute approximate surface area is 237 Å². The van der Waals surface area contributed by atoms with Crippen LogP contribution in [0.3, 0.4) is 0 Å². The lowest BCUT2D eigenvalue weighted by Crippen LogP contribution is -2.46. The zero-order valence-electron chi connectivity index (χ0n) is 22.9. The third-order valence-corrected chi connectivity index (χ3v) is 8.43. The minimum Gasteiger partial charge on any atom is -0.461 e. The van der Waals surface area contributed by atoms with Gasteiger partial charge in [0.2, 0.25) is 0 Å². The predicted molar refractivity (Wildman–Crippen MR) is 149 cm³/mol. The highest BCUT2D eigenvalue weighted by Crippen LogP contribution is 2.47. The second kappa shape index (κ2) is 12.6. The van der Waals surface area contributed by atoms with Crippen LogP contribution in [-0.2, 0) is 23.4 Å². The van der Waals surface area contributed by atoms with Crippen LogP contribution in [0.5, 0.6) is 5.75 Å². The van der Waals surface area contributed by atoms with Crippen LogP contribution in [0, 0.1) is 12.3 Å². The van der Waals surface area contributed by atoms with Gasteiger partial charge < -0.3 is 34.5 Å². The molecule has 14 heteroatoms. The number of hydrogen-bond acceptors (Lipinski definition) is 11. The normalized spacial score (nSPS) is 24.6. The molecule has 1 unspecified atom stereocenters. The number of nitrogens with two attached hydrogens (primary N) is 1. The van der Waals surface area contributed by atoms with Gasteiger partial charge in [0.1, 0.15) is 47.9 Å². The number of esters is 1. The smallest absolute Gasteiger partial charge is 0.459 e. The van der Waals surface area contributed by atoms with Gasteiger partial charge in [0.25, 0.3) is 0 Å². The van der Waals surface area contributed by atoms with Crippen molar-refractivity contribution in [3.05, 3.63) is 48.9 Å². The lowest BCUT2D eigenvalue weighted by Gasteiger charge is -2.27. The molecule has 220 valence electrons. The van der Waals surface area contributed by atoms with Crippen LogP contribution in [0.25, 0.3) is 11.0 Å². The van der Waals surface area contributed by atoms with Crippen LogP contribution in [-0.4, -0.2) is 67.3 Å². The molecule has 0 spiro atoms. The van der Waals surface area contributed by atoms with Gasteiger partial charge in [0.05, 0.1) is 12.0 Å². The first-order valence-corrected chi connectivity index (χ1v) is 14.7. The summed E-state index contributed by atoms with van der Waals surface area (Å²) in [6, 6.07) is 8.75. The highest BCUT2D eigenvalue weighted by Gasteiger charge is 2.56. The van der Waals surface area contributed by atoms with Gasteiger partial charge in [-0.2, -0.15) is 5.09 Å². The van der Waals surface area contributed by atoms with Gasteiger partial charge in [0, 0.05) is 6.20 Å². The Kier molecular flexibility index (Phi) is 9.34. The number of rotatable bonds is 12. The van der Waals surface area contributed by atoms with E-state index in [9.17, 15) is 19.6 Å². The number of aliphatic hydroxyl groups excluding tert-OH is 1. The summed E-state index contributed by atoms with van der Waals surface area (Å²) < 4.78 is 38.1. The molecule has 0 amide bonds. The molecule has 13 nitrogen and oxygen atoms in total. The number of benzene rings is 1.